The first-order valence-corrected chi connectivity index (χ1v) is 9.34. The van der Waals surface area contributed by atoms with Crippen LogP contribution in [0.2, 0.25) is 0 Å². The van der Waals surface area contributed by atoms with E-state index in [9.17, 15) is 9.59 Å². The first kappa shape index (κ1) is 20.9. The highest BCUT2D eigenvalue weighted by molar-refractivity contribution is 6.06. The standard InChI is InChI=1S/C22H23N3O5/c1-5-30-22(27)18-13-23-25(14(18)2)16-9-6-8-15(12-16)24-21(26)17-10-7-11-19(28-3)20(17)29-4/h6-13H,5H2,1-4H3,(H,24,26). The molecule has 0 fully saturated rings. The maximum atomic E-state index is 12.8. The van der Waals surface area contributed by atoms with Crippen LogP contribution in [0, 0.1) is 6.92 Å². The van der Waals surface area contributed by atoms with Gasteiger partial charge in [-0.15, -0.1) is 0 Å². The fourth-order valence-electron chi connectivity index (χ4n) is 3.06. The number of carbonyl (C=O) groups is 2. The van der Waals surface area contributed by atoms with Crippen LogP contribution in [0.4, 0.5) is 5.69 Å². The minimum Gasteiger partial charge on any atom is -0.493 e. The lowest BCUT2D eigenvalue weighted by Crippen LogP contribution is -2.14. The lowest BCUT2D eigenvalue weighted by atomic mass is 10.1. The molecule has 0 saturated heterocycles. The van der Waals surface area contributed by atoms with Crippen LogP contribution in [-0.2, 0) is 4.74 Å². The molecule has 0 aliphatic heterocycles. The summed E-state index contributed by atoms with van der Waals surface area (Å²) < 4.78 is 17.3. The fraction of sp³-hybridized carbons (Fsp3) is 0.227. The summed E-state index contributed by atoms with van der Waals surface area (Å²) in [6.07, 6.45) is 1.47. The number of nitrogens with zero attached hydrogens (tertiary/aromatic N) is 2. The maximum Gasteiger partial charge on any atom is 0.341 e. The van der Waals surface area contributed by atoms with E-state index in [0.717, 1.165) is 0 Å². The predicted octanol–water partition coefficient (Wildman–Crippen LogP) is 3.63. The molecule has 0 atom stereocenters. The third-order valence-corrected chi connectivity index (χ3v) is 4.50. The van der Waals surface area contributed by atoms with Crippen LogP contribution in [0.15, 0.2) is 48.7 Å². The molecule has 0 unspecified atom stereocenters. The van der Waals surface area contributed by atoms with Crippen LogP contribution >= 0.6 is 0 Å². The van der Waals surface area contributed by atoms with Gasteiger partial charge in [0.25, 0.3) is 5.91 Å². The third kappa shape index (κ3) is 4.12. The van der Waals surface area contributed by atoms with E-state index < -0.39 is 5.97 Å². The Bertz CT molecular complexity index is 1070. The van der Waals surface area contributed by atoms with Gasteiger partial charge in [0.15, 0.2) is 11.5 Å². The van der Waals surface area contributed by atoms with E-state index in [-0.39, 0.29) is 5.91 Å². The van der Waals surface area contributed by atoms with Gasteiger partial charge in [0, 0.05) is 5.69 Å². The van der Waals surface area contributed by atoms with Crippen molar-refractivity contribution in [2.24, 2.45) is 0 Å². The summed E-state index contributed by atoms with van der Waals surface area (Å²) in [7, 11) is 3.00. The van der Waals surface area contributed by atoms with E-state index in [2.05, 4.69) is 10.4 Å². The van der Waals surface area contributed by atoms with Gasteiger partial charge >= 0.3 is 5.97 Å². The average molecular weight is 409 g/mol. The molecule has 0 radical (unpaired) electrons. The highest BCUT2D eigenvalue weighted by Gasteiger charge is 2.18. The topological polar surface area (TPSA) is 91.7 Å². The van der Waals surface area contributed by atoms with Crippen LogP contribution in [-0.4, -0.2) is 42.5 Å². The molecular weight excluding hydrogens is 386 g/mol. The van der Waals surface area contributed by atoms with Crippen LogP contribution in [0.25, 0.3) is 5.69 Å². The largest absolute Gasteiger partial charge is 0.493 e. The lowest BCUT2D eigenvalue weighted by molar-refractivity contribution is 0.0525. The molecule has 1 heterocycles. The van der Waals surface area contributed by atoms with Gasteiger partial charge in [-0.3, -0.25) is 4.79 Å². The van der Waals surface area contributed by atoms with Crippen molar-refractivity contribution in [2.45, 2.75) is 13.8 Å². The minimum atomic E-state index is -0.421. The molecule has 8 heteroatoms. The van der Waals surface area contributed by atoms with Gasteiger partial charge in [-0.1, -0.05) is 12.1 Å². The van der Waals surface area contributed by atoms with E-state index >= 15 is 0 Å². The molecule has 3 aromatic rings. The van der Waals surface area contributed by atoms with Crippen molar-refractivity contribution >= 4 is 17.6 Å². The third-order valence-electron chi connectivity index (χ3n) is 4.50. The second-order valence-electron chi connectivity index (χ2n) is 6.32. The monoisotopic (exact) mass is 409 g/mol. The van der Waals surface area contributed by atoms with Crippen molar-refractivity contribution in [1.29, 1.82) is 0 Å². The van der Waals surface area contributed by atoms with Crippen LogP contribution in [0.3, 0.4) is 0 Å². The Morgan fingerprint density at radius 1 is 1.07 bits per heavy atom. The van der Waals surface area contributed by atoms with Gasteiger partial charge in [-0.25, -0.2) is 9.48 Å². The maximum absolute atomic E-state index is 12.8. The van der Waals surface area contributed by atoms with Gasteiger partial charge in [0.1, 0.15) is 5.56 Å². The SMILES string of the molecule is CCOC(=O)c1cnn(-c2cccc(NC(=O)c3cccc(OC)c3OC)c2)c1C. The number of rotatable bonds is 7. The number of anilines is 1. The number of benzene rings is 2. The Balaban J connectivity index is 1.87. The molecule has 3 rings (SSSR count). The van der Waals surface area contributed by atoms with Gasteiger partial charge in [0.2, 0.25) is 0 Å². The smallest absolute Gasteiger partial charge is 0.341 e. The number of ether oxygens (including phenoxy) is 3. The predicted molar refractivity (Wildman–Crippen MR) is 112 cm³/mol. The number of hydrogen-bond donors (Lipinski definition) is 1. The molecule has 0 bridgehead atoms. The summed E-state index contributed by atoms with van der Waals surface area (Å²) in [4.78, 5) is 24.8. The number of aromatic nitrogens is 2. The Labute approximate surface area is 174 Å². The highest BCUT2D eigenvalue weighted by Crippen LogP contribution is 2.31. The number of para-hydroxylation sites is 1. The summed E-state index contributed by atoms with van der Waals surface area (Å²) in [6, 6.07) is 12.2. The molecule has 0 aliphatic rings. The van der Waals surface area contributed by atoms with Gasteiger partial charge in [-0.2, -0.15) is 5.10 Å². The molecule has 1 amide bonds. The number of amides is 1. The van der Waals surface area contributed by atoms with E-state index in [0.29, 0.717) is 46.3 Å². The van der Waals surface area contributed by atoms with Crippen molar-refractivity contribution < 1.29 is 23.8 Å². The fourth-order valence-corrected chi connectivity index (χ4v) is 3.06. The Morgan fingerprint density at radius 3 is 2.53 bits per heavy atom. The number of carbonyl (C=O) groups excluding carboxylic acids is 2. The summed E-state index contributed by atoms with van der Waals surface area (Å²) in [5.74, 6) is 0.0661. The summed E-state index contributed by atoms with van der Waals surface area (Å²) >= 11 is 0. The number of hydrogen-bond acceptors (Lipinski definition) is 6. The van der Waals surface area contributed by atoms with E-state index in [1.54, 1.807) is 54.9 Å². The summed E-state index contributed by atoms with van der Waals surface area (Å²) in [5.41, 5.74) is 2.65. The zero-order chi connectivity index (χ0) is 21.7. The lowest BCUT2D eigenvalue weighted by Gasteiger charge is -2.13. The Morgan fingerprint density at radius 2 is 1.83 bits per heavy atom. The molecule has 156 valence electrons. The first-order chi connectivity index (χ1) is 14.5. The minimum absolute atomic E-state index is 0.290. The number of esters is 1. The average Bonchev–Trinajstić information content (AvgIpc) is 3.14. The molecular formula is C22H23N3O5. The number of methoxy groups -OCH3 is 2. The normalized spacial score (nSPS) is 10.4. The molecule has 30 heavy (non-hydrogen) atoms. The van der Waals surface area contributed by atoms with Crippen LogP contribution in [0.1, 0.15) is 33.3 Å². The van der Waals surface area contributed by atoms with E-state index in [1.165, 1.54) is 20.4 Å². The summed E-state index contributed by atoms with van der Waals surface area (Å²) in [6.45, 7) is 3.82. The van der Waals surface area contributed by atoms with Crippen molar-refractivity contribution in [2.75, 3.05) is 26.1 Å². The second-order valence-corrected chi connectivity index (χ2v) is 6.32. The van der Waals surface area contributed by atoms with E-state index in [4.69, 9.17) is 14.2 Å². The zero-order valence-corrected chi connectivity index (χ0v) is 17.3. The van der Waals surface area contributed by atoms with Crippen LogP contribution in [0.5, 0.6) is 11.5 Å². The van der Waals surface area contributed by atoms with Crippen molar-refractivity contribution in [1.82, 2.24) is 9.78 Å². The summed E-state index contributed by atoms with van der Waals surface area (Å²) in [5, 5.41) is 7.14. The van der Waals surface area contributed by atoms with Crippen molar-refractivity contribution in [3.05, 3.63) is 65.5 Å². The van der Waals surface area contributed by atoms with Gasteiger partial charge in [-0.05, 0) is 44.2 Å². The zero-order valence-electron chi connectivity index (χ0n) is 17.3. The molecule has 1 N–H and O–H groups in total. The molecule has 2 aromatic carbocycles. The van der Waals surface area contributed by atoms with Crippen LogP contribution < -0.4 is 14.8 Å². The van der Waals surface area contributed by atoms with Crippen molar-refractivity contribution in [3.63, 3.8) is 0 Å². The van der Waals surface area contributed by atoms with Gasteiger partial charge in [0.05, 0.1) is 44.0 Å². The molecule has 0 aliphatic carbocycles. The number of nitrogens with one attached hydrogen (secondary N) is 1. The van der Waals surface area contributed by atoms with Gasteiger partial charge < -0.3 is 19.5 Å². The molecule has 0 saturated carbocycles. The first-order valence-electron chi connectivity index (χ1n) is 9.34. The molecule has 1 aromatic heterocycles. The molecule has 8 nitrogen and oxygen atoms in total. The van der Waals surface area contributed by atoms with Crippen molar-refractivity contribution in [3.8, 4) is 17.2 Å². The highest BCUT2D eigenvalue weighted by atomic mass is 16.5. The quantitative estimate of drug-likeness (QED) is 0.599. The molecule has 0 spiro atoms. The second kappa shape index (κ2) is 9.13. The Kier molecular flexibility index (Phi) is 6.36. The van der Waals surface area contributed by atoms with E-state index in [1.807, 2.05) is 6.07 Å². The Hall–Kier alpha value is -3.81.